The van der Waals surface area contributed by atoms with Crippen LogP contribution >= 0.6 is 0 Å². The molecule has 1 aliphatic heterocycles. The molecular weight excluding hydrogens is 364 g/mol. The molecule has 0 unspecified atom stereocenters. The summed E-state index contributed by atoms with van der Waals surface area (Å²) < 4.78 is 10.2. The number of anilines is 1. The van der Waals surface area contributed by atoms with Crippen molar-refractivity contribution in [3.05, 3.63) is 41.2 Å². The zero-order valence-corrected chi connectivity index (χ0v) is 15.6. The molecule has 28 heavy (non-hydrogen) atoms. The fraction of sp³-hybridized carbons (Fsp3) is 0.368. The Morgan fingerprint density at radius 2 is 2.21 bits per heavy atom. The number of hydrogen-bond acceptors (Lipinski definition) is 6. The highest BCUT2D eigenvalue weighted by Crippen LogP contribution is 2.41. The van der Waals surface area contributed by atoms with Gasteiger partial charge < -0.3 is 19.9 Å². The van der Waals surface area contributed by atoms with E-state index in [9.17, 15) is 14.4 Å². The lowest BCUT2D eigenvalue weighted by atomic mass is 9.76. The third kappa shape index (κ3) is 2.88. The van der Waals surface area contributed by atoms with Gasteiger partial charge >= 0.3 is 6.03 Å². The van der Waals surface area contributed by atoms with Crippen LogP contribution in [0.15, 0.2) is 28.8 Å². The number of benzene rings is 1. The molecule has 146 valence electrons. The summed E-state index contributed by atoms with van der Waals surface area (Å²) in [5.74, 6) is 0.527. The fourth-order valence-corrected chi connectivity index (χ4v) is 3.87. The van der Waals surface area contributed by atoms with Gasteiger partial charge in [-0.2, -0.15) is 0 Å². The van der Waals surface area contributed by atoms with Crippen molar-refractivity contribution in [1.82, 2.24) is 15.4 Å². The number of aromatic nitrogens is 1. The van der Waals surface area contributed by atoms with Crippen molar-refractivity contribution in [3.8, 4) is 5.75 Å². The second-order valence-corrected chi connectivity index (χ2v) is 6.97. The van der Waals surface area contributed by atoms with Crippen LogP contribution in [-0.2, 0) is 21.5 Å². The molecule has 1 aromatic carbocycles. The van der Waals surface area contributed by atoms with E-state index in [4.69, 9.17) is 9.26 Å². The number of aryl methyl sites for hydroxylation is 2. The van der Waals surface area contributed by atoms with Gasteiger partial charge in [0.1, 0.15) is 23.6 Å². The highest BCUT2D eigenvalue weighted by molar-refractivity contribution is 6.10. The topological polar surface area (TPSA) is 114 Å². The van der Waals surface area contributed by atoms with Crippen molar-refractivity contribution >= 4 is 23.7 Å². The highest BCUT2D eigenvalue weighted by atomic mass is 16.5. The second kappa shape index (κ2) is 6.66. The van der Waals surface area contributed by atoms with E-state index in [0.29, 0.717) is 17.9 Å². The standard InChI is InChI=1S/C19H20N4O5/c1-11-8-15(22-28-11)20-16(24)10-23-17(25)19(21-18(23)26)7-3-4-12-9-13(27-2)5-6-14(12)19/h5-6,8-9H,3-4,7,10H2,1-2H3,(H,21,26)(H,20,22,24)/t19-/m1/s1. The molecule has 9 nitrogen and oxygen atoms in total. The van der Waals surface area contributed by atoms with Crippen LogP contribution in [0.4, 0.5) is 10.6 Å². The maximum absolute atomic E-state index is 13.2. The van der Waals surface area contributed by atoms with E-state index in [1.54, 1.807) is 26.2 Å². The number of imide groups is 1. The third-order valence-electron chi connectivity index (χ3n) is 5.14. The first-order valence-corrected chi connectivity index (χ1v) is 8.97. The van der Waals surface area contributed by atoms with E-state index in [0.717, 1.165) is 28.9 Å². The Hall–Kier alpha value is -3.36. The van der Waals surface area contributed by atoms with Crippen molar-refractivity contribution in [2.45, 2.75) is 31.7 Å². The van der Waals surface area contributed by atoms with E-state index in [1.165, 1.54) is 0 Å². The molecule has 2 aromatic rings. The van der Waals surface area contributed by atoms with Crippen LogP contribution in [0.5, 0.6) is 5.75 Å². The van der Waals surface area contributed by atoms with Gasteiger partial charge in [0.2, 0.25) is 5.91 Å². The monoisotopic (exact) mass is 384 g/mol. The van der Waals surface area contributed by atoms with Crippen molar-refractivity contribution in [1.29, 1.82) is 0 Å². The fourth-order valence-electron chi connectivity index (χ4n) is 3.87. The van der Waals surface area contributed by atoms with Crippen LogP contribution in [0, 0.1) is 6.92 Å². The number of hydrogen-bond donors (Lipinski definition) is 2. The summed E-state index contributed by atoms with van der Waals surface area (Å²) in [7, 11) is 1.58. The van der Waals surface area contributed by atoms with Crippen LogP contribution in [0.2, 0.25) is 0 Å². The number of nitrogens with zero attached hydrogens (tertiary/aromatic N) is 2. The molecule has 2 heterocycles. The Bertz CT molecular complexity index is 969. The maximum Gasteiger partial charge on any atom is 0.325 e. The van der Waals surface area contributed by atoms with Gasteiger partial charge in [-0.25, -0.2) is 4.79 Å². The van der Waals surface area contributed by atoms with E-state index < -0.39 is 29.9 Å². The lowest BCUT2D eigenvalue weighted by Gasteiger charge is -2.33. The maximum atomic E-state index is 13.2. The van der Waals surface area contributed by atoms with Crippen LogP contribution in [0.25, 0.3) is 0 Å². The minimum Gasteiger partial charge on any atom is -0.497 e. The molecule has 1 fully saturated rings. The molecule has 2 N–H and O–H groups in total. The Balaban J connectivity index is 1.57. The SMILES string of the molecule is COc1ccc2c(c1)CCC[C@@]21NC(=O)N(CC(=O)Nc2cc(C)on2)C1=O. The van der Waals surface area contributed by atoms with E-state index in [2.05, 4.69) is 15.8 Å². The largest absolute Gasteiger partial charge is 0.497 e. The summed E-state index contributed by atoms with van der Waals surface area (Å²) in [6.45, 7) is 1.29. The Labute approximate surface area is 161 Å². The normalized spacial score (nSPS) is 20.9. The van der Waals surface area contributed by atoms with Gasteiger partial charge in [-0.3, -0.25) is 14.5 Å². The number of rotatable bonds is 4. The lowest BCUT2D eigenvalue weighted by molar-refractivity contribution is -0.134. The van der Waals surface area contributed by atoms with Gasteiger partial charge in [0, 0.05) is 6.07 Å². The Morgan fingerprint density at radius 3 is 2.93 bits per heavy atom. The number of amides is 4. The molecule has 1 aromatic heterocycles. The van der Waals surface area contributed by atoms with Gasteiger partial charge in [0.15, 0.2) is 5.82 Å². The first kappa shape index (κ1) is 18.0. The van der Waals surface area contributed by atoms with Crippen molar-refractivity contribution in [2.75, 3.05) is 19.0 Å². The second-order valence-electron chi connectivity index (χ2n) is 6.97. The predicted octanol–water partition coefficient (Wildman–Crippen LogP) is 1.71. The Kier molecular flexibility index (Phi) is 4.29. The average Bonchev–Trinajstić information content (AvgIpc) is 3.18. The number of methoxy groups -OCH3 is 1. The number of carbonyl (C=O) groups excluding carboxylic acids is 3. The van der Waals surface area contributed by atoms with Crippen LogP contribution in [0.1, 0.15) is 29.7 Å². The molecule has 0 saturated carbocycles. The number of carbonyl (C=O) groups is 3. The average molecular weight is 384 g/mol. The third-order valence-corrected chi connectivity index (χ3v) is 5.14. The van der Waals surface area contributed by atoms with Crippen LogP contribution in [-0.4, -0.2) is 41.6 Å². The number of urea groups is 1. The minimum absolute atomic E-state index is 0.236. The van der Waals surface area contributed by atoms with E-state index >= 15 is 0 Å². The first-order valence-electron chi connectivity index (χ1n) is 8.97. The molecule has 0 bridgehead atoms. The summed E-state index contributed by atoms with van der Waals surface area (Å²) in [6, 6.07) is 6.44. The summed E-state index contributed by atoms with van der Waals surface area (Å²) in [4.78, 5) is 39.0. The van der Waals surface area contributed by atoms with Crippen LogP contribution < -0.4 is 15.4 Å². The van der Waals surface area contributed by atoms with Gasteiger partial charge in [0.05, 0.1) is 7.11 Å². The van der Waals surface area contributed by atoms with Gasteiger partial charge in [-0.05, 0) is 49.4 Å². The molecular formula is C19H20N4O5. The van der Waals surface area contributed by atoms with E-state index in [1.807, 2.05) is 12.1 Å². The number of ether oxygens (including phenoxy) is 1. The first-order chi connectivity index (χ1) is 13.4. The summed E-state index contributed by atoms with van der Waals surface area (Å²) in [6.07, 6.45) is 2.02. The molecule has 2 aliphatic rings. The predicted molar refractivity (Wildman–Crippen MR) is 97.7 cm³/mol. The molecule has 1 spiro atoms. The molecule has 9 heteroatoms. The van der Waals surface area contributed by atoms with Crippen LogP contribution in [0.3, 0.4) is 0 Å². The molecule has 4 rings (SSSR count). The molecule has 1 saturated heterocycles. The summed E-state index contributed by atoms with van der Waals surface area (Å²) in [5.41, 5.74) is 0.582. The zero-order chi connectivity index (χ0) is 19.9. The number of fused-ring (bicyclic) bond motifs is 2. The van der Waals surface area contributed by atoms with Crippen molar-refractivity contribution in [2.24, 2.45) is 0 Å². The molecule has 4 amide bonds. The van der Waals surface area contributed by atoms with Crippen molar-refractivity contribution < 1.29 is 23.6 Å². The molecule has 1 atom stereocenters. The van der Waals surface area contributed by atoms with Gasteiger partial charge in [0.25, 0.3) is 5.91 Å². The zero-order valence-electron chi connectivity index (χ0n) is 15.6. The number of nitrogens with one attached hydrogen (secondary N) is 2. The van der Waals surface area contributed by atoms with E-state index in [-0.39, 0.29) is 5.82 Å². The highest BCUT2D eigenvalue weighted by Gasteiger charge is 2.54. The van der Waals surface area contributed by atoms with Crippen molar-refractivity contribution in [3.63, 3.8) is 0 Å². The smallest absolute Gasteiger partial charge is 0.325 e. The minimum atomic E-state index is -1.14. The van der Waals surface area contributed by atoms with Gasteiger partial charge in [-0.1, -0.05) is 11.2 Å². The molecule has 0 radical (unpaired) electrons. The lowest BCUT2D eigenvalue weighted by Crippen LogP contribution is -2.47. The summed E-state index contributed by atoms with van der Waals surface area (Å²) >= 11 is 0. The quantitative estimate of drug-likeness (QED) is 0.776. The molecule has 1 aliphatic carbocycles. The Morgan fingerprint density at radius 1 is 1.39 bits per heavy atom. The van der Waals surface area contributed by atoms with Gasteiger partial charge in [-0.15, -0.1) is 0 Å². The summed E-state index contributed by atoms with van der Waals surface area (Å²) in [5, 5.41) is 9.02.